The third kappa shape index (κ3) is 4.60. The number of hydrogen-bond donors (Lipinski definition) is 2. The summed E-state index contributed by atoms with van der Waals surface area (Å²) in [7, 11) is 0. The molecule has 1 atom stereocenters. The van der Waals surface area contributed by atoms with Crippen molar-refractivity contribution in [2.75, 3.05) is 6.54 Å². The minimum atomic E-state index is -0.259. The smallest absolute Gasteiger partial charge is 0.220 e. The quantitative estimate of drug-likeness (QED) is 0.734. The fraction of sp³-hybridized carbons (Fsp3) is 0.933. The van der Waals surface area contributed by atoms with E-state index in [4.69, 9.17) is 5.73 Å². The molecule has 0 spiro atoms. The van der Waals surface area contributed by atoms with Gasteiger partial charge in [-0.3, -0.25) is 4.79 Å². The van der Waals surface area contributed by atoms with Gasteiger partial charge in [-0.1, -0.05) is 39.5 Å². The Morgan fingerprint density at radius 2 is 2.00 bits per heavy atom. The van der Waals surface area contributed by atoms with Gasteiger partial charge in [0, 0.05) is 13.0 Å². The second kappa shape index (κ2) is 7.13. The molecule has 0 bridgehead atoms. The van der Waals surface area contributed by atoms with Crippen molar-refractivity contribution in [3.05, 3.63) is 0 Å². The van der Waals surface area contributed by atoms with Crippen LogP contribution in [0.2, 0.25) is 0 Å². The Bertz CT molecular complexity index is 259. The first-order valence-corrected chi connectivity index (χ1v) is 7.49. The minimum absolute atomic E-state index is 0.162. The van der Waals surface area contributed by atoms with Crippen molar-refractivity contribution in [2.24, 2.45) is 17.6 Å². The average Bonchev–Trinajstić information content (AvgIpc) is 2.81. The molecule has 1 amide bonds. The maximum atomic E-state index is 11.9. The van der Waals surface area contributed by atoms with Crippen LogP contribution in [0.4, 0.5) is 0 Å². The van der Waals surface area contributed by atoms with Gasteiger partial charge in [-0.05, 0) is 31.6 Å². The van der Waals surface area contributed by atoms with Gasteiger partial charge in [0.25, 0.3) is 0 Å². The first kappa shape index (κ1) is 15.5. The molecule has 18 heavy (non-hydrogen) atoms. The summed E-state index contributed by atoms with van der Waals surface area (Å²) in [5.74, 6) is 1.40. The Hall–Kier alpha value is -0.570. The molecule has 0 aromatic carbocycles. The monoisotopic (exact) mass is 254 g/mol. The van der Waals surface area contributed by atoms with Crippen LogP contribution in [-0.2, 0) is 4.79 Å². The molecule has 106 valence electrons. The highest BCUT2D eigenvalue weighted by Crippen LogP contribution is 2.28. The maximum Gasteiger partial charge on any atom is 0.220 e. The van der Waals surface area contributed by atoms with Gasteiger partial charge in [-0.2, -0.15) is 0 Å². The van der Waals surface area contributed by atoms with Crippen molar-refractivity contribution in [3.8, 4) is 0 Å². The van der Waals surface area contributed by atoms with Crippen LogP contribution in [0.5, 0.6) is 0 Å². The van der Waals surface area contributed by atoms with Crippen LogP contribution >= 0.6 is 0 Å². The summed E-state index contributed by atoms with van der Waals surface area (Å²) in [5, 5.41) is 3.10. The molecule has 3 nitrogen and oxygen atoms in total. The Balaban J connectivity index is 2.23. The average molecular weight is 254 g/mol. The second-order valence-corrected chi connectivity index (χ2v) is 6.37. The molecular formula is C15H30N2O. The molecular weight excluding hydrogens is 224 g/mol. The predicted octanol–water partition coefficient (Wildman–Crippen LogP) is 2.84. The summed E-state index contributed by atoms with van der Waals surface area (Å²) in [6.07, 6.45) is 8.40. The molecule has 0 aromatic rings. The van der Waals surface area contributed by atoms with Crippen molar-refractivity contribution < 1.29 is 4.79 Å². The van der Waals surface area contributed by atoms with E-state index < -0.39 is 0 Å². The molecule has 3 heteroatoms. The Kier molecular flexibility index (Phi) is 6.13. The molecule has 1 saturated carbocycles. The van der Waals surface area contributed by atoms with Crippen LogP contribution < -0.4 is 11.1 Å². The van der Waals surface area contributed by atoms with E-state index in [2.05, 4.69) is 19.2 Å². The van der Waals surface area contributed by atoms with Crippen LogP contribution in [0.3, 0.4) is 0 Å². The lowest BCUT2D eigenvalue weighted by molar-refractivity contribution is -0.123. The fourth-order valence-electron chi connectivity index (χ4n) is 2.66. The molecule has 0 radical (unpaired) electrons. The normalized spacial score (nSPS) is 20.1. The third-order valence-corrected chi connectivity index (χ3v) is 4.61. The fourth-order valence-corrected chi connectivity index (χ4v) is 2.66. The molecule has 1 rings (SSSR count). The molecule has 0 heterocycles. The van der Waals surface area contributed by atoms with Gasteiger partial charge < -0.3 is 11.1 Å². The minimum Gasteiger partial charge on any atom is -0.349 e. The van der Waals surface area contributed by atoms with E-state index in [1.165, 1.54) is 32.1 Å². The Labute approximate surface area is 112 Å². The summed E-state index contributed by atoms with van der Waals surface area (Å²) < 4.78 is 0. The number of carbonyl (C=O) groups excluding carboxylic acids is 1. The van der Waals surface area contributed by atoms with E-state index in [1.54, 1.807) is 0 Å². The van der Waals surface area contributed by atoms with Crippen LogP contribution in [0.25, 0.3) is 0 Å². The standard InChI is InChI=1S/C15H30N2O/c1-12(2)15(3,11-16)17-14(18)10-6-9-13-7-4-5-8-13/h12-13H,4-11,16H2,1-3H3,(H,17,18). The zero-order valence-corrected chi connectivity index (χ0v) is 12.3. The van der Waals surface area contributed by atoms with Gasteiger partial charge in [-0.15, -0.1) is 0 Å². The number of amides is 1. The Morgan fingerprint density at radius 3 is 2.50 bits per heavy atom. The topological polar surface area (TPSA) is 55.1 Å². The highest BCUT2D eigenvalue weighted by Gasteiger charge is 2.28. The van der Waals surface area contributed by atoms with Crippen molar-refractivity contribution in [1.29, 1.82) is 0 Å². The number of nitrogens with one attached hydrogen (secondary N) is 1. The van der Waals surface area contributed by atoms with Crippen LogP contribution in [0.15, 0.2) is 0 Å². The Morgan fingerprint density at radius 1 is 1.39 bits per heavy atom. The second-order valence-electron chi connectivity index (χ2n) is 6.37. The van der Waals surface area contributed by atoms with E-state index in [0.29, 0.717) is 18.9 Å². The van der Waals surface area contributed by atoms with Gasteiger partial charge in [0.2, 0.25) is 5.91 Å². The lowest BCUT2D eigenvalue weighted by Gasteiger charge is -2.33. The molecule has 0 saturated heterocycles. The maximum absolute atomic E-state index is 11.9. The third-order valence-electron chi connectivity index (χ3n) is 4.61. The zero-order chi connectivity index (χ0) is 13.6. The van der Waals surface area contributed by atoms with E-state index in [-0.39, 0.29) is 11.4 Å². The van der Waals surface area contributed by atoms with Gasteiger partial charge >= 0.3 is 0 Å². The van der Waals surface area contributed by atoms with Gasteiger partial charge in [0.05, 0.1) is 5.54 Å². The highest BCUT2D eigenvalue weighted by atomic mass is 16.1. The lowest BCUT2D eigenvalue weighted by atomic mass is 9.88. The number of carbonyl (C=O) groups is 1. The summed E-state index contributed by atoms with van der Waals surface area (Å²) >= 11 is 0. The molecule has 3 N–H and O–H groups in total. The molecule has 1 fully saturated rings. The summed E-state index contributed by atoms with van der Waals surface area (Å²) in [4.78, 5) is 11.9. The number of hydrogen-bond acceptors (Lipinski definition) is 2. The van der Waals surface area contributed by atoms with Crippen LogP contribution in [0, 0.1) is 11.8 Å². The summed E-state index contributed by atoms with van der Waals surface area (Å²) in [5.41, 5.74) is 5.51. The van der Waals surface area contributed by atoms with Gasteiger partial charge in [0.1, 0.15) is 0 Å². The van der Waals surface area contributed by atoms with Crippen molar-refractivity contribution in [2.45, 2.75) is 71.3 Å². The largest absolute Gasteiger partial charge is 0.349 e. The van der Waals surface area contributed by atoms with Gasteiger partial charge in [0.15, 0.2) is 0 Å². The molecule has 1 aliphatic rings. The SMILES string of the molecule is CC(C)C(C)(CN)NC(=O)CCCC1CCCC1. The predicted molar refractivity (Wildman–Crippen MR) is 76.2 cm³/mol. The molecule has 0 aromatic heterocycles. The van der Waals surface area contributed by atoms with Crippen LogP contribution in [-0.4, -0.2) is 18.0 Å². The highest BCUT2D eigenvalue weighted by molar-refractivity contribution is 5.76. The van der Waals surface area contributed by atoms with Crippen LogP contribution in [0.1, 0.15) is 65.7 Å². The summed E-state index contributed by atoms with van der Waals surface area (Å²) in [6.45, 7) is 6.74. The van der Waals surface area contributed by atoms with Crippen molar-refractivity contribution >= 4 is 5.91 Å². The lowest BCUT2D eigenvalue weighted by Crippen LogP contribution is -2.54. The van der Waals surface area contributed by atoms with E-state index >= 15 is 0 Å². The van der Waals surface area contributed by atoms with E-state index in [9.17, 15) is 4.79 Å². The molecule has 1 unspecified atom stereocenters. The molecule has 1 aliphatic carbocycles. The number of rotatable bonds is 7. The van der Waals surface area contributed by atoms with Crippen molar-refractivity contribution in [1.82, 2.24) is 5.32 Å². The zero-order valence-electron chi connectivity index (χ0n) is 12.3. The molecule has 0 aliphatic heterocycles. The number of nitrogens with two attached hydrogens (primary N) is 1. The first-order chi connectivity index (χ1) is 8.48. The van der Waals surface area contributed by atoms with E-state index in [0.717, 1.165) is 12.3 Å². The van der Waals surface area contributed by atoms with Gasteiger partial charge in [-0.25, -0.2) is 0 Å². The van der Waals surface area contributed by atoms with Crippen molar-refractivity contribution in [3.63, 3.8) is 0 Å². The summed E-state index contributed by atoms with van der Waals surface area (Å²) in [6, 6.07) is 0. The first-order valence-electron chi connectivity index (χ1n) is 7.49. The van der Waals surface area contributed by atoms with E-state index in [1.807, 2.05) is 6.92 Å².